The smallest absolute Gasteiger partial charge is 0.335 e. The van der Waals surface area contributed by atoms with E-state index in [1.807, 2.05) is 6.07 Å². The van der Waals surface area contributed by atoms with Crippen molar-refractivity contribution in [3.05, 3.63) is 59.2 Å². The van der Waals surface area contributed by atoms with Gasteiger partial charge in [0.25, 0.3) is 0 Å². The molecule has 0 aliphatic heterocycles. The summed E-state index contributed by atoms with van der Waals surface area (Å²) >= 11 is 0. The van der Waals surface area contributed by atoms with Crippen LogP contribution in [0.3, 0.4) is 0 Å². The van der Waals surface area contributed by atoms with Crippen LogP contribution in [0.4, 0.5) is 5.69 Å². The number of phenolic OH excluding ortho intramolecular Hbond substituents is 1. The van der Waals surface area contributed by atoms with E-state index in [2.05, 4.69) is 17.1 Å². The second kappa shape index (κ2) is 6.47. The zero-order valence-electron chi connectivity index (χ0n) is 15.8. The summed E-state index contributed by atoms with van der Waals surface area (Å²) in [5, 5.41) is 19.3. The summed E-state index contributed by atoms with van der Waals surface area (Å²) in [6.07, 6.45) is 9.80. The number of rotatable bonds is 4. The number of carboxylic acid groups (broad SMARTS) is 1. The average molecular weight is 375 g/mol. The highest BCUT2D eigenvalue weighted by atomic mass is 16.4. The molecule has 2 aromatic carbocycles. The van der Waals surface area contributed by atoms with Crippen molar-refractivity contribution in [3.63, 3.8) is 0 Å². The Morgan fingerprint density at radius 1 is 0.964 bits per heavy atom. The van der Waals surface area contributed by atoms with Gasteiger partial charge in [-0.25, -0.2) is 4.79 Å². The maximum atomic E-state index is 11.0. The van der Waals surface area contributed by atoms with Crippen LogP contribution in [0.1, 0.15) is 60.0 Å². The molecule has 28 heavy (non-hydrogen) atoms. The molecule has 0 atom stereocenters. The van der Waals surface area contributed by atoms with Crippen molar-refractivity contribution in [2.75, 3.05) is 0 Å². The molecule has 4 aliphatic rings. The summed E-state index contributed by atoms with van der Waals surface area (Å²) < 4.78 is 0. The number of hydrogen-bond acceptors (Lipinski definition) is 3. The lowest BCUT2D eigenvalue weighted by Crippen LogP contribution is -2.48. The molecule has 4 fully saturated rings. The largest absolute Gasteiger partial charge is 0.507 e. The van der Waals surface area contributed by atoms with Crippen molar-refractivity contribution in [2.45, 2.75) is 43.9 Å². The number of nitrogens with zero attached hydrogens (tertiary/aromatic N) is 1. The number of aliphatic imine (C=N–C) groups is 1. The van der Waals surface area contributed by atoms with E-state index in [-0.39, 0.29) is 16.7 Å². The molecule has 0 unspecified atom stereocenters. The Morgan fingerprint density at radius 2 is 1.57 bits per heavy atom. The minimum atomic E-state index is -0.948. The maximum Gasteiger partial charge on any atom is 0.335 e. The van der Waals surface area contributed by atoms with E-state index in [9.17, 15) is 9.90 Å². The monoisotopic (exact) mass is 375 g/mol. The molecule has 2 aromatic rings. The van der Waals surface area contributed by atoms with Gasteiger partial charge in [-0.2, -0.15) is 0 Å². The van der Waals surface area contributed by atoms with Crippen LogP contribution in [0, 0.1) is 17.8 Å². The van der Waals surface area contributed by atoms with Crippen LogP contribution in [0.5, 0.6) is 5.75 Å². The number of carboxylic acids is 1. The van der Waals surface area contributed by atoms with Crippen molar-refractivity contribution in [1.29, 1.82) is 0 Å². The van der Waals surface area contributed by atoms with Crippen molar-refractivity contribution in [1.82, 2.24) is 0 Å². The Kier molecular flexibility index (Phi) is 4.04. The molecule has 4 nitrogen and oxygen atoms in total. The van der Waals surface area contributed by atoms with Gasteiger partial charge in [0.15, 0.2) is 0 Å². The fourth-order valence-corrected chi connectivity index (χ4v) is 6.29. The molecule has 144 valence electrons. The van der Waals surface area contributed by atoms with Gasteiger partial charge in [-0.05, 0) is 104 Å². The molecule has 2 N–H and O–H groups in total. The second-order valence-corrected chi connectivity index (χ2v) is 9.08. The summed E-state index contributed by atoms with van der Waals surface area (Å²) in [7, 11) is 0. The molecule has 4 bridgehead atoms. The average Bonchev–Trinajstić information content (AvgIpc) is 2.66. The third-order valence-electron chi connectivity index (χ3n) is 7.15. The molecular formula is C24H25NO3. The normalized spacial score (nSPS) is 30.8. The van der Waals surface area contributed by atoms with Crippen LogP contribution in [0.15, 0.2) is 47.5 Å². The second-order valence-electron chi connectivity index (χ2n) is 9.08. The number of aromatic hydroxyl groups is 1. The zero-order chi connectivity index (χ0) is 19.3. The summed E-state index contributed by atoms with van der Waals surface area (Å²) in [4.78, 5) is 15.4. The molecule has 4 aliphatic carbocycles. The molecule has 0 amide bonds. The van der Waals surface area contributed by atoms with Crippen LogP contribution in [-0.2, 0) is 5.41 Å². The Hall–Kier alpha value is -2.62. The van der Waals surface area contributed by atoms with Gasteiger partial charge in [0.1, 0.15) is 5.75 Å². The van der Waals surface area contributed by atoms with E-state index < -0.39 is 5.97 Å². The van der Waals surface area contributed by atoms with Crippen LogP contribution in [0.2, 0.25) is 0 Å². The first-order chi connectivity index (χ1) is 13.5. The first-order valence-corrected chi connectivity index (χ1v) is 10.2. The number of carbonyl (C=O) groups is 1. The highest BCUT2D eigenvalue weighted by Crippen LogP contribution is 2.60. The predicted octanol–water partition coefficient (Wildman–Crippen LogP) is 5.31. The highest BCUT2D eigenvalue weighted by molar-refractivity contribution is 5.89. The molecule has 4 heteroatoms. The van der Waals surface area contributed by atoms with Gasteiger partial charge >= 0.3 is 5.97 Å². The summed E-state index contributed by atoms with van der Waals surface area (Å²) in [5.41, 5.74) is 3.28. The fourth-order valence-electron chi connectivity index (χ4n) is 6.29. The number of benzene rings is 2. The van der Waals surface area contributed by atoms with Crippen LogP contribution in [0.25, 0.3) is 0 Å². The van der Waals surface area contributed by atoms with Crippen molar-refractivity contribution < 1.29 is 15.0 Å². The standard InChI is InChI=1S/C24H25NO3/c26-22-6-3-20(24-11-15-7-16(12-24)9-17(8-15)13-24)10-19(22)14-25-21-4-1-18(2-5-21)23(27)28/h1-6,10,14-17,26H,7-9,11-13H2,(H,27,28). The van der Waals surface area contributed by atoms with Gasteiger partial charge in [0.2, 0.25) is 0 Å². The fraction of sp³-hybridized carbons (Fsp3) is 0.417. The first-order valence-electron chi connectivity index (χ1n) is 10.2. The van der Waals surface area contributed by atoms with Gasteiger partial charge < -0.3 is 10.2 Å². The molecule has 0 saturated heterocycles. The Bertz CT molecular complexity index is 910. The molecular weight excluding hydrogens is 350 g/mol. The Balaban J connectivity index is 1.43. The highest BCUT2D eigenvalue weighted by Gasteiger charge is 2.51. The van der Waals surface area contributed by atoms with Crippen molar-refractivity contribution in [3.8, 4) is 5.75 Å². The molecule has 4 saturated carbocycles. The SMILES string of the molecule is O=C(O)c1ccc(N=Cc2cc(C34CC5CC(CC(C5)C3)C4)ccc2O)cc1. The van der Waals surface area contributed by atoms with Crippen LogP contribution in [-0.4, -0.2) is 22.4 Å². The summed E-state index contributed by atoms with van der Waals surface area (Å²) in [6, 6.07) is 12.5. The molecule has 0 spiro atoms. The first kappa shape index (κ1) is 17.5. The van der Waals surface area contributed by atoms with Gasteiger partial charge in [0.05, 0.1) is 11.3 Å². The molecule has 6 rings (SSSR count). The lowest BCUT2D eigenvalue weighted by atomic mass is 9.48. The van der Waals surface area contributed by atoms with Crippen LogP contribution >= 0.6 is 0 Å². The summed E-state index contributed by atoms with van der Waals surface area (Å²) in [5.74, 6) is 1.93. The lowest BCUT2D eigenvalue weighted by Gasteiger charge is -2.57. The zero-order valence-corrected chi connectivity index (χ0v) is 15.8. The van der Waals surface area contributed by atoms with Gasteiger partial charge in [-0.15, -0.1) is 0 Å². The maximum absolute atomic E-state index is 11.0. The number of hydrogen-bond donors (Lipinski definition) is 2. The van der Waals surface area contributed by atoms with Gasteiger partial charge in [-0.3, -0.25) is 4.99 Å². The minimum Gasteiger partial charge on any atom is -0.507 e. The molecule has 0 heterocycles. The van der Waals surface area contributed by atoms with Crippen LogP contribution < -0.4 is 0 Å². The van der Waals surface area contributed by atoms with Crippen molar-refractivity contribution >= 4 is 17.9 Å². The van der Waals surface area contributed by atoms with E-state index in [1.165, 1.54) is 44.1 Å². The van der Waals surface area contributed by atoms with E-state index >= 15 is 0 Å². The van der Waals surface area contributed by atoms with E-state index in [0.717, 1.165) is 23.3 Å². The number of aromatic carboxylic acids is 1. The molecule has 0 radical (unpaired) electrons. The third kappa shape index (κ3) is 3.01. The van der Waals surface area contributed by atoms with E-state index in [1.54, 1.807) is 30.5 Å². The molecule has 0 aromatic heterocycles. The van der Waals surface area contributed by atoms with E-state index in [4.69, 9.17) is 5.11 Å². The van der Waals surface area contributed by atoms with Crippen molar-refractivity contribution in [2.24, 2.45) is 22.7 Å². The van der Waals surface area contributed by atoms with Gasteiger partial charge in [-0.1, -0.05) is 6.07 Å². The Labute approximate surface area is 164 Å². The number of phenols is 1. The topological polar surface area (TPSA) is 69.9 Å². The predicted molar refractivity (Wildman–Crippen MR) is 109 cm³/mol. The van der Waals surface area contributed by atoms with E-state index in [0.29, 0.717) is 5.69 Å². The summed E-state index contributed by atoms with van der Waals surface area (Å²) in [6.45, 7) is 0. The third-order valence-corrected chi connectivity index (χ3v) is 7.15. The van der Waals surface area contributed by atoms with Gasteiger partial charge in [0, 0.05) is 11.8 Å². The quantitative estimate of drug-likeness (QED) is 0.712. The Morgan fingerprint density at radius 3 is 2.14 bits per heavy atom. The lowest BCUT2D eigenvalue weighted by molar-refractivity contribution is -0.00520. The minimum absolute atomic E-state index is 0.236.